The number of carbonyl (C=O) groups is 1. The molecule has 23 heavy (non-hydrogen) atoms. The maximum Gasteiger partial charge on any atom is 0.257 e. The van der Waals surface area contributed by atoms with Gasteiger partial charge < -0.3 is 9.84 Å². The summed E-state index contributed by atoms with van der Waals surface area (Å²) in [4.78, 5) is 16.5. The van der Waals surface area contributed by atoms with Gasteiger partial charge >= 0.3 is 0 Å². The van der Waals surface area contributed by atoms with Gasteiger partial charge in [-0.05, 0) is 25.8 Å². The zero-order chi connectivity index (χ0) is 16.6. The zero-order valence-corrected chi connectivity index (χ0v) is 13.8. The van der Waals surface area contributed by atoms with E-state index in [1.165, 1.54) is 16.8 Å². The number of pyridine rings is 1. The molecule has 3 heterocycles. The smallest absolute Gasteiger partial charge is 0.257 e. The standard InChI is InChI=1S/C14H18N4O4S/c1-9-12-6-10(7-15-14(12)22-17-9)13(19)16-11-4-3-5-18(8-11)23(2,20)21/h6-7,11H,3-5,8H2,1-2H3,(H,16,19). The quantitative estimate of drug-likeness (QED) is 0.882. The monoisotopic (exact) mass is 338 g/mol. The van der Waals surface area contributed by atoms with Crippen LogP contribution < -0.4 is 5.32 Å². The molecule has 1 unspecified atom stereocenters. The molecule has 1 fully saturated rings. The first-order chi connectivity index (χ1) is 10.8. The molecule has 8 nitrogen and oxygen atoms in total. The highest BCUT2D eigenvalue weighted by atomic mass is 32.2. The Morgan fingerprint density at radius 2 is 2.26 bits per heavy atom. The van der Waals surface area contributed by atoms with Gasteiger partial charge in [0.1, 0.15) is 0 Å². The molecule has 9 heteroatoms. The number of piperidine rings is 1. The van der Waals surface area contributed by atoms with E-state index in [2.05, 4.69) is 15.5 Å². The van der Waals surface area contributed by atoms with Crippen LogP contribution in [-0.2, 0) is 10.0 Å². The summed E-state index contributed by atoms with van der Waals surface area (Å²) in [5.41, 5.74) is 1.46. The molecule has 0 saturated carbocycles. The predicted molar refractivity (Wildman–Crippen MR) is 83.4 cm³/mol. The minimum absolute atomic E-state index is 0.203. The van der Waals surface area contributed by atoms with E-state index in [0.717, 1.165) is 12.8 Å². The third-order valence-corrected chi connectivity index (χ3v) is 5.23. The summed E-state index contributed by atoms with van der Waals surface area (Å²) in [6, 6.07) is 1.48. The first-order valence-electron chi connectivity index (χ1n) is 7.32. The topological polar surface area (TPSA) is 105 Å². The lowest BCUT2D eigenvalue weighted by Gasteiger charge is -2.31. The Morgan fingerprint density at radius 1 is 1.48 bits per heavy atom. The van der Waals surface area contributed by atoms with Crippen molar-refractivity contribution in [2.45, 2.75) is 25.8 Å². The van der Waals surface area contributed by atoms with E-state index in [0.29, 0.717) is 35.4 Å². The molecule has 0 spiro atoms. The molecule has 0 aliphatic carbocycles. The molecular weight excluding hydrogens is 320 g/mol. The number of fused-ring (bicyclic) bond motifs is 1. The van der Waals surface area contributed by atoms with Gasteiger partial charge in [-0.3, -0.25) is 4.79 Å². The minimum Gasteiger partial charge on any atom is -0.348 e. The summed E-state index contributed by atoms with van der Waals surface area (Å²) in [5.74, 6) is -0.277. The van der Waals surface area contributed by atoms with Crippen LogP contribution in [0.4, 0.5) is 0 Å². The number of sulfonamides is 1. The molecule has 2 aromatic heterocycles. The van der Waals surface area contributed by atoms with Crippen LogP contribution in [0.5, 0.6) is 0 Å². The zero-order valence-electron chi connectivity index (χ0n) is 12.9. The van der Waals surface area contributed by atoms with Crippen molar-refractivity contribution in [2.75, 3.05) is 19.3 Å². The third-order valence-electron chi connectivity index (χ3n) is 3.96. The van der Waals surface area contributed by atoms with Crippen LogP contribution >= 0.6 is 0 Å². The first-order valence-corrected chi connectivity index (χ1v) is 9.17. The average Bonchev–Trinajstić information content (AvgIpc) is 2.87. The minimum atomic E-state index is -3.24. The van der Waals surface area contributed by atoms with Crippen LogP contribution in [0.1, 0.15) is 28.9 Å². The van der Waals surface area contributed by atoms with Crippen molar-refractivity contribution in [3.63, 3.8) is 0 Å². The lowest BCUT2D eigenvalue weighted by atomic mass is 10.1. The van der Waals surface area contributed by atoms with E-state index in [4.69, 9.17) is 4.52 Å². The van der Waals surface area contributed by atoms with Gasteiger partial charge in [0.05, 0.1) is 22.9 Å². The van der Waals surface area contributed by atoms with Gasteiger partial charge in [0, 0.05) is 25.3 Å². The Morgan fingerprint density at radius 3 is 3.00 bits per heavy atom. The van der Waals surface area contributed by atoms with Gasteiger partial charge in [0.15, 0.2) is 0 Å². The maximum atomic E-state index is 12.4. The molecule has 2 aromatic rings. The number of aryl methyl sites for hydroxylation is 1. The Kier molecular flexibility index (Phi) is 4.07. The molecule has 124 valence electrons. The Balaban J connectivity index is 1.73. The molecule has 3 rings (SSSR count). The van der Waals surface area contributed by atoms with Crippen LogP contribution in [0.25, 0.3) is 11.1 Å². The van der Waals surface area contributed by atoms with Gasteiger partial charge in [0.25, 0.3) is 11.6 Å². The van der Waals surface area contributed by atoms with Crippen LogP contribution in [0.3, 0.4) is 0 Å². The van der Waals surface area contributed by atoms with E-state index in [-0.39, 0.29) is 11.9 Å². The normalized spacial score (nSPS) is 19.8. The summed E-state index contributed by atoms with van der Waals surface area (Å²) in [5, 5.41) is 7.38. The molecule has 1 aliphatic heterocycles. The van der Waals surface area contributed by atoms with Crippen molar-refractivity contribution < 1.29 is 17.7 Å². The second kappa shape index (κ2) is 5.89. The molecule has 1 saturated heterocycles. The number of rotatable bonds is 3. The summed E-state index contributed by atoms with van der Waals surface area (Å²) in [6.45, 7) is 2.57. The fourth-order valence-corrected chi connectivity index (χ4v) is 3.61. The van der Waals surface area contributed by atoms with Crippen molar-refractivity contribution >= 4 is 27.0 Å². The van der Waals surface area contributed by atoms with Crippen molar-refractivity contribution in [1.29, 1.82) is 0 Å². The molecule has 0 aromatic carbocycles. The van der Waals surface area contributed by atoms with Crippen LogP contribution in [-0.4, -0.2) is 54.2 Å². The fourth-order valence-electron chi connectivity index (χ4n) is 2.70. The number of nitrogens with one attached hydrogen (secondary N) is 1. The number of carbonyl (C=O) groups excluding carboxylic acids is 1. The fraction of sp³-hybridized carbons (Fsp3) is 0.500. The molecule has 0 bridgehead atoms. The van der Waals surface area contributed by atoms with Crippen molar-refractivity contribution in [3.8, 4) is 0 Å². The molecule has 1 amide bonds. The molecule has 0 radical (unpaired) electrons. The predicted octanol–water partition coefficient (Wildman–Crippen LogP) is 0.685. The summed E-state index contributed by atoms with van der Waals surface area (Å²) >= 11 is 0. The van der Waals surface area contributed by atoms with Crippen LogP contribution in [0, 0.1) is 6.92 Å². The molecule has 1 aliphatic rings. The molecule has 1 atom stereocenters. The number of amides is 1. The number of aromatic nitrogens is 2. The Hall–Kier alpha value is -2.00. The summed E-state index contributed by atoms with van der Waals surface area (Å²) < 4.78 is 29.7. The first kappa shape index (κ1) is 15.9. The van der Waals surface area contributed by atoms with Gasteiger partial charge in [-0.2, -0.15) is 0 Å². The van der Waals surface area contributed by atoms with Gasteiger partial charge in [-0.15, -0.1) is 0 Å². The number of hydrogen-bond acceptors (Lipinski definition) is 6. The van der Waals surface area contributed by atoms with E-state index in [1.807, 2.05) is 0 Å². The van der Waals surface area contributed by atoms with E-state index in [1.54, 1.807) is 13.0 Å². The van der Waals surface area contributed by atoms with Crippen LogP contribution in [0.15, 0.2) is 16.8 Å². The second-order valence-electron chi connectivity index (χ2n) is 5.78. The lowest BCUT2D eigenvalue weighted by molar-refractivity contribution is 0.0921. The van der Waals surface area contributed by atoms with Gasteiger partial charge in [0.2, 0.25) is 10.0 Å². The van der Waals surface area contributed by atoms with E-state index >= 15 is 0 Å². The molecule has 1 N–H and O–H groups in total. The summed E-state index contributed by atoms with van der Waals surface area (Å²) in [6.07, 6.45) is 4.09. The lowest BCUT2D eigenvalue weighted by Crippen LogP contribution is -2.49. The largest absolute Gasteiger partial charge is 0.348 e. The highest BCUT2D eigenvalue weighted by Crippen LogP contribution is 2.18. The number of nitrogens with zero attached hydrogens (tertiary/aromatic N) is 3. The van der Waals surface area contributed by atoms with E-state index in [9.17, 15) is 13.2 Å². The summed E-state index contributed by atoms with van der Waals surface area (Å²) in [7, 11) is -3.24. The van der Waals surface area contributed by atoms with Crippen LogP contribution in [0.2, 0.25) is 0 Å². The Bertz CT molecular complexity index is 846. The van der Waals surface area contributed by atoms with Crippen molar-refractivity contribution in [2.24, 2.45) is 0 Å². The SMILES string of the molecule is Cc1noc2ncc(C(=O)NC3CCCN(S(C)(=O)=O)C3)cc12. The number of hydrogen-bond donors (Lipinski definition) is 1. The average molecular weight is 338 g/mol. The van der Waals surface area contributed by atoms with Gasteiger partial charge in [-0.1, -0.05) is 5.16 Å². The highest BCUT2D eigenvalue weighted by Gasteiger charge is 2.27. The molecular formula is C14H18N4O4S. The highest BCUT2D eigenvalue weighted by molar-refractivity contribution is 7.88. The van der Waals surface area contributed by atoms with Crippen molar-refractivity contribution in [3.05, 3.63) is 23.5 Å². The van der Waals surface area contributed by atoms with Crippen molar-refractivity contribution in [1.82, 2.24) is 19.8 Å². The third kappa shape index (κ3) is 3.35. The van der Waals surface area contributed by atoms with E-state index < -0.39 is 10.0 Å². The second-order valence-corrected chi connectivity index (χ2v) is 7.76. The van der Waals surface area contributed by atoms with Gasteiger partial charge in [-0.25, -0.2) is 17.7 Å². The Labute approximate surface area is 133 Å². The maximum absolute atomic E-state index is 12.4.